The second-order valence-corrected chi connectivity index (χ2v) is 4.79. The lowest BCUT2D eigenvalue weighted by atomic mass is 9.97. The van der Waals surface area contributed by atoms with Crippen LogP contribution >= 0.6 is 0 Å². The molecule has 0 aromatic carbocycles. The van der Waals surface area contributed by atoms with Crippen LogP contribution in [0, 0.1) is 5.92 Å². The fraction of sp³-hybridized carbons (Fsp3) is 0.917. The van der Waals surface area contributed by atoms with E-state index < -0.39 is 0 Å². The van der Waals surface area contributed by atoms with Crippen LogP contribution in [-0.2, 0) is 0 Å². The van der Waals surface area contributed by atoms with Gasteiger partial charge < -0.3 is 0 Å². The zero-order chi connectivity index (χ0) is 10.3. The van der Waals surface area contributed by atoms with Gasteiger partial charge in [-0.25, -0.2) is 0 Å². The number of hydrogen-bond donors (Lipinski definition) is 0. The van der Waals surface area contributed by atoms with Crippen molar-refractivity contribution >= 4 is 6.21 Å². The first-order chi connectivity index (χ1) is 5.98. The molecule has 0 N–H and O–H groups in total. The Balaban J connectivity index is 3.79. The van der Waals surface area contributed by atoms with Gasteiger partial charge in [0.1, 0.15) is 0 Å². The minimum Gasteiger partial charge on any atom is -0.291 e. The minimum atomic E-state index is 0.152. The van der Waals surface area contributed by atoms with Crippen molar-refractivity contribution in [2.45, 2.75) is 65.8 Å². The maximum atomic E-state index is 4.60. The SMILES string of the molecule is CCCCCC(C)(C)N=CC(C)C. The Bertz CT molecular complexity index is 145. The predicted molar refractivity (Wildman–Crippen MR) is 61.6 cm³/mol. The van der Waals surface area contributed by atoms with Gasteiger partial charge in [0.2, 0.25) is 0 Å². The second kappa shape index (κ2) is 6.17. The van der Waals surface area contributed by atoms with E-state index in [-0.39, 0.29) is 5.54 Å². The van der Waals surface area contributed by atoms with Gasteiger partial charge in [-0.1, -0.05) is 40.0 Å². The van der Waals surface area contributed by atoms with Crippen LogP contribution in [0.1, 0.15) is 60.3 Å². The van der Waals surface area contributed by atoms with Crippen LogP contribution in [0.15, 0.2) is 4.99 Å². The third-order valence-corrected chi connectivity index (χ3v) is 2.11. The second-order valence-electron chi connectivity index (χ2n) is 4.79. The lowest BCUT2D eigenvalue weighted by Crippen LogP contribution is -2.17. The lowest BCUT2D eigenvalue weighted by molar-refractivity contribution is 0.451. The first kappa shape index (κ1) is 12.7. The molecule has 0 aliphatic heterocycles. The molecular weight excluding hydrogens is 158 g/mol. The molecule has 0 unspecified atom stereocenters. The number of hydrogen-bond acceptors (Lipinski definition) is 1. The Morgan fingerprint density at radius 2 is 1.85 bits per heavy atom. The van der Waals surface area contributed by atoms with Crippen LogP contribution < -0.4 is 0 Å². The minimum absolute atomic E-state index is 0.152. The Labute approximate surface area is 83.6 Å². The van der Waals surface area contributed by atoms with Crippen molar-refractivity contribution in [3.8, 4) is 0 Å². The Hall–Kier alpha value is -0.330. The highest BCUT2D eigenvalue weighted by Gasteiger charge is 2.13. The van der Waals surface area contributed by atoms with Crippen molar-refractivity contribution < 1.29 is 0 Å². The van der Waals surface area contributed by atoms with Gasteiger partial charge in [0.15, 0.2) is 0 Å². The zero-order valence-corrected chi connectivity index (χ0v) is 9.93. The molecule has 78 valence electrons. The summed E-state index contributed by atoms with van der Waals surface area (Å²) in [5, 5.41) is 0. The molecule has 0 atom stereocenters. The van der Waals surface area contributed by atoms with E-state index in [1.54, 1.807) is 0 Å². The molecule has 1 heteroatoms. The third kappa shape index (κ3) is 8.01. The lowest BCUT2D eigenvalue weighted by Gasteiger charge is -2.19. The van der Waals surface area contributed by atoms with Crippen LogP contribution in [0.25, 0.3) is 0 Å². The molecule has 0 spiro atoms. The molecule has 0 fully saturated rings. The molecule has 0 saturated heterocycles. The first-order valence-corrected chi connectivity index (χ1v) is 5.53. The van der Waals surface area contributed by atoms with Gasteiger partial charge in [-0.3, -0.25) is 4.99 Å². The highest BCUT2D eigenvalue weighted by atomic mass is 14.8. The topological polar surface area (TPSA) is 12.4 Å². The van der Waals surface area contributed by atoms with Crippen LogP contribution in [0.5, 0.6) is 0 Å². The number of rotatable bonds is 6. The number of aliphatic imine (C=N–C) groups is 1. The van der Waals surface area contributed by atoms with E-state index >= 15 is 0 Å². The molecule has 0 aliphatic rings. The molecule has 0 heterocycles. The molecule has 0 amide bonds. The average molecular weight is 183 g/mol. The van der Waals surface area contributed by atoms with Crippen molar-refractivity contribution in [1.29, 1.82) is 0 Å². The van der Waals surface area contributed by atoms with Gasteiger partial charge in [-0.2, -0.15) is 0 Å². The van der Waals surface area contributed by atoms with Crippen molar-refractivity contribution in [3.05, 3.63) is 0 Å². The summed E-state index contributed by atoms with van der Waals surface area (Å²) in [5.74, 6) is 0.574. The highest BCUT2D eigenvalue weighted by Crippen LogP contribution is 2.18. The van der Waals surface area contributed by atoms with Crippen molar-refractivity contribution in [2.24, 2.45) is 10.9 Å². The van der Waals surface area contributed by atoms with E-state index in [0.29, 0.717) is 5.92 Å². The summed E-state index contributed by atoms with van der Waals surface area (Å²) in [4.78, 5) is 4.60. The van der Waals surface area contributed by atoms with Gasteiger partial charge in [0.25, 0.3) is 0 Å². The molecule has 0 aromatic heterocycles. The quantitative estimate of drug-likeness (QED) is 0.435. The summed E-state index contributed by atoms with van der Waals surface area (Å²) in [6.07, 6.45) is 7.22. The van der Waals surface area contributed by atoms with Crippen molar-refractivity contribution in [2.75, 3.05) is 0 Å². The fourth-order valence-electron chi connectivity index (χ4n) is 1.22. The van der Waals surface area contributed by atoms with Crippen LogP contribution in [0.2, 0.25) is 0 Å². The zero-order valence-electron chi connectivity index (χ0n) is 9.93. The molecule has 0 aliphatic carbocycles. The van der Waals surface area contributed by atoms with Gasteiger partial charge in [-0.05, 0) is 26.2 Å². The number of nitrogens with zero attached hydrogens (tertiary/aromatic N) is 1. The predicted octanol–water partition coefficient (Wildman–Crippen LogP) is 4.07. The summed E-state index contributed by atoms with van der Waals surface area (Å²) in [5.41, 5.74) is 0.152. The molecule has 0 rings (SSSR count). The van der Waals surface area contributed by atoms with Crippen molar-refractivity contribution in [3.63, 3.8) is 0 Å². The molecule has 0 bridgehead atoms. The largest absolute Gasteiger partial charge is 0.291 e. The third-order valence-electron chi connectivity index (χ3n) is 2.11. The van der Waals surface area contributed by atoms with Gasteiger partial charge in [0.05, 0.1) is 5.54 Å². The van der Waals surface area contributed by atoms with E-state index in [1.807, 2.05) is 0 Å². The van der Waals surface area contributed by atoms with E-state index in [2.05, 4.69) is 45.8 Å². The van der Waals surface area contributed by atoms with E-state index in [0.717, 1.165) is 0 Å². The van der Waals surface area contributed by atoms with Crippen LogP contribution in [0.4, 0.5) is 0 Å². The summed E-state index contributed by atoms with van der Waals surface area (Å²) in [7, 11) is 0. The summed E-state index contributed by atoms with van der Waals surface area (Å²) < 4.78 is 0. The molecular formula is C12H25N. The molecule has 13 heavy (non-hydrogen) atoms. The van der Waals surface area contributed by atoms with Crippen LogP contribution in [0.3, 0.4) is 0 Å². The molecule has 0 aromatic rings. The maximum absolute atomic E-state index is 4.60. The number of unbranched alkanes of at least 4 members (excludes halogenated alkanes) is 2. The summed E-state index contributed by atoms with van der Waals surface area (Å²) in [6, 6.07) is 0. The Morgan fingerprint density at radius 3 is 2.31 bits per heavy atom. The van der Waals surface area contributed by atoms with Gasteiger partial charge >= 0.3 is 0 Å². The van der Waals surface area contributed by atoms with Gasteiger partial charge in [-0.15, -0.1) is 0 Å². The van der Waals surface area contributed by atoms with Gasteiger partial charge in [0, 0.05) is 6.21 Å². The smallest absolute Gasteiger partial charge is 0.0548 e. The molecule has 0 radical (unpaired) electrons. The Morgan fingerprint density at radius 1 is 1.23 bits per heavy atom. The summed E-state index contributed by atoms with van der Waals surface area (Å²) in [6.45, 7) is 11.0. The summed E-state index contributed by atoms with van der Waals surface area (Å²) >= 11 is 0. The van der Waals surface area contributed by atoms with Crippen molar-refractivity contribution in [1.82, 2.24) is 0 Å². The van der Waals surface area contributed by atoms with E-state index in [4.69, 9.17) is 0 Å². The van der Waals surface area contributed by atoms with Crippen LogP contribution in [-0.4, -0.2) is 11.8 Å². The molecule has 0 saturated carbocycles. The van der Waals surface area contributed by atoms with E-state index in [9.17, 15) is 0 Å². The highest BCUT2D eigenvalue weighted by molar-refractivity contribution is 5.60. The molecule has 1 nitrogen and oxygen atoms in total. The average Bonchev–Trinajstić information content (AvgIpc) is 2.02. The monoisotopic (exact) mass is 183 g/mol. The maximum Gasteiger partial charge on any atom is 0.0548 e. The normalized spacial score (nSPS) is 13.1. The van der Waals surface area contributed by atoms with E-state index in [1.165, 1.54) is 25.7 Å². The Kier molecular flexibility index (Phi) is 6.02. The standard InChI is InChI=1S/C12H25N/c1-6-7-8-9-12(4,5)13-10-11(2)3/h10-11H,6-9H2,1-5H3. The fourth-order valence-corrected chi connectivity index (χ4v) is 1.22. The first-order valence-electron chi connectivity index (χ1n) is 5.53.